The van der Waals surface area contributed by atoms with Crippen LogP contribution in [0.4, 0.5) is 5.69 Å². The molecule has 3 heteroatoms. The zero-order chi connectivity index (χ0) is 17.2. The lowest BCUT2D eigenvalue weighted by molar-refractivity contribution is 0.573. The van der Waals surface area contributed by atoms with Crippen LogP contribution in [0.2, 0.25) is 0 Å². The predicted octanol–water partition coefficient (Wildman–Crippen LogP) is 6.09. The van der Waals surface area contributed by atoms with Crippen LogP contribution in [-0.4, -0.2) is 23.1 Å². The summed E-state index contributed by atoms with van der Waals surface area (Å²) in [5.74, 6) is 1.15. The lowest BCUT2D eigenvalue weighted by Crippen LogP contribution is -2.21. The molecule has 0 atom stereocenters. The topological polar surface area (TPSA) is 31.9 Å². The smallest absolute Gasteiger partial charge is 0.107 e. The first-order valence-corrected chi connectivity index (χ1v) is 10.0. The summed E-state index contributed by atoms with van der Waals surface area (Å²) in [5.41, 5.74) is 3.56. The Hall–Kier alpha value is -1.51. The van der Waals surface area contributed by atoms with Gasteiger partial charge in [-0.05, 0) is 38.5 Å². The van der Waals surface area contributed by atoms with Gasteiger partial charge in [0.2, 0.25) is 0 Å². The average molecular weight is 330 g/mol. The third kappa shape index (κ3) is 5.54. The summed E-state index contributed by atoms with van der Waals surface area (Å²) in [7, 11) is 0. The minimum absolute atomic E-state index is 1.04. The van der Waals surface area contributed by atoms with E-state index in [2.05, 4.69) is 48.9 Å². The van der Waals surface area contributed by atoms with Gasteiger partial charge in [-0.3, -0.25) is 0 Å². The Bertz CT molecular complexity index is 584. The van der Waals surface area contributed by atoms with Gasteiger partial charge in [-0.1, -0.05) is 51.9 Å². The monoisotopic (exact) mass is 329 g/mol. The van der Waals surface area contributed by atoms with Crippen molar-refractivity contribution in [2.24, 2.45) is 0 Å². The van der Waals surface area contributed by atoms with E-state index in [9.17, 15) is 0 Å². The van der Waals surface area contributed by atoms with E-state index in [1.165, 1.54) is 62.6 Å². The molecular formula is C21H35N3. The first-order valence-electron chi connectivity index (χ1n) is 10.0. The fourth-order valence-corrected chi connectivity index (χ4v) is 3.38. The molecule has 2 aromatic rings. The van der Waals surface area contributed by atoms with Crippen molar-refractivity contribution in [2.45, 2.75) is 78.6 Å². The molecule has 0 aliphatic carbocycles. The maximum absolute atomic E-state index is 4.75. The number of hydrogen-bond acceptors (Lipinski definition) is 2. The van der Waals surface area contributed by atoms with Gasteiger partial charge < -0.3 is 9.88 Å². The molecule has 0 amide bonds. The van der Waals surface area contributed by atoms with Crippen LogP contribution in [-0.2, 0) is 6.42 Å². The Morgan fingerprint density at radius 2 is 1.54 bits per heavy atom. The van der Waals surface area contributed by atoms with E-state index in [1.807, 2.05) is 0 Å². The van der Waals surface area contributed by atoms with Crippen molar-refractivity contribution in [1.82, 2.24) is 9.97 Å². The van der Waals surface area contributed by atoms with E-state index in [1.54, 1.807) is 0 Å². The Balaban J connectivity index is 1.78. The molecular weight excluding hydrogens is 294 g/mol. The molecule has 1 aromatic heterocycles. The number of aromatic amines is 1. The van der Waals surface area contributed by atoms with Gasteiger partial charge in [0.15, 0.2) is 0 Å². The van der Waals surface area contributed by atoms with Gasteiger partial charge in [0, 0.05) is 25.2 Å². The summed E-state index contributed by atoms with van der Waals surface area (Å²) in [6.45, 7) is 8.77. The molecule has 1 aromatic carbocycles. The summed E-state index contributed by atoms with van der Waals surface area (Å²) in [4.78, 5) is 10.6. The van der Waals surface area contributed by atoms with Crippen LogP contribution in [0.15, 0.2) is 18.2 Å². The Morgan fingerprint density at radius 3 is 2.21 bits per heavy atom. The lowest BCUT2D eigenvalue weighted by Gasteiger charge is -2.20. The fourth-order valence-electron chi connectivity index (χ4n) is 3.38. The summed E-state index contributed by atoms with van der Waals surface area (Å²) < 4.78 is 0. The van der Waals surface area contributed by atoms with E-state index < -0.39 is 0 Å². The first kappa shape index (κ1) is 18.8. The lowest BCUT2D eigenvalue weighted by atomic mass is 10.1. The number of benzene rings is 1. The van der Waals surface area contributed by atoms with Gasteiger partial charge in [0.05, 0.1) is 11.0 Å². The zero-order valence-electron chi connectivity index (χ0n) is 15.9. The number of H-pyrrole nitrogens is 1. The molecule has 0 radical (unpaired) electrons. The zero-order valence-corrected chi connectivity index (χ0v) is 15.9. The molecule has 134 valence electrons. The van der Waals surface area contributed by atoms with Gasteiger partial charge >= 0.3 is 0 Å². The molecule has 0 aliphatic heterocycles. The second-order valence-electron chi connectivity index (χ2n) is 6.78. The maximum Gasteiger partial charge on any atom is 0.107 e. The van der Waals surface area contributed by atoms with Crippen molar-refractivity contribution in [3.63, 3.8) is 0 Å². The number of aryl methyl sites for hydroxylation is 1. The average Bonchev–Trinajstić information content (AvgIpc) is 3.00. The Morgan fingerprint density at radius 1 is 0.875 bits per heavy atom. The minimum atomic E-state index is 1.04. The van der Waals surface area contributed by atoms with E-state index in [4.69, 9.17) is 4.98 Å². The summed E-state index contributed by atoms with van der Waals surface area (Å²) in [6, 6.07) is 6.58. The molecule has 0 spiro atoms. The molecule has 0 saturated carbocycles. The molecule has 24 heavy (non-hydrogen) atoms. The summed E-state index contributed by atoms with van der Waals surface area (Å²) in [6.07, 6.45) is 12.0. The molecule has 0 fully saturated rings. The van der Waals surface area contributed by atoms with Crippen molar-refractivity contribution in [1.29, 1.82) is 0 Å². The van der Waals surface area contributed by atoms with E-state index in [0.717, 1.165) is 30.9 Å². The number of anilines is 1. The highest BCUT2D eigenvalue weighted by atomic mass is 15.1. The van der Waals surface area contributed by atoms with Crippen LogP contribution in [0.25, 0.3) is 11.0 Å². The van der Waals surface area contributed by atoms with Crippen molar-refractivity contribution in [3.05, 3.63) is 24.0 Å². The summed E-state index contributed by atoms with van der Waals surface area (Å²) >= 11 is 0. The standard InChI is InChI=1S/C21H35N3/c1-4-7-8-9-10-11-12-13-14-21-22-19-16-15-18(17-20(19)23-21)24(5-2)6-3/h15-17H,4-14H2,1-3H3,(H,22,23). The second kappa shape index (κ2) is 10.4. The molecule has 2 rings (SSSR count). The maximum atomic E-state index is 4.75. The quantitative estimate of drug-likeness (QED) is 0.478. The Kier molecular flexibility index (Phi) is 8.14. The fraction of sp³-hybridized carbons (Fsp3) is 0.667. The second-order valence-corrected chi connectivity index (χ2v) is 6.78. The highest BCUT2D eigenvalue weighted by Gasteiger charge is 2.07. The van der Waals surface area contributed by atoms with Crippen LogP contribution in [0.3, 0.4) is 0 Å². The van der Waals surface area contributed by atoms with Crippen LogP contribution in [0.5, 0.6) is 0 Å². The van der Waals surface area contributed by atoms with Crippen LogP contribution in [0.1, 0.15) is 78.0 Å². The largest absolute Gasteiger partial charge is 0.372 e. The van der Waals surface area contributed by atoms with Crippen LogP contribution < -0.4 is 4.90 Å². The van der Waals surface area contributed by atoms with Gasteiger partial charge in [-0.25, -0.2) is 4.98 Å². The number of nitrogens with one attached hydrogen (secondary N) is 1. The number of aromatic nitrogens is 2. The third-order valence-electron chi connectivity index (χ3n) is 4.91. The van der Waals surface area contributed by atoms with Crippen molar-refractivity contribution in [3.8, 4) is 0 Å². The third-order valence-corrected chi connectivity index (χ3v) is 4.91. The number of rotatable bonds is 12. The highest BCUT2D eigenvalue weighted by Crippen LogP contribution is 2.21. The summed E-state index contributed by atoms with van der Waals surface area (Å²) in [5, 5.41) is 0. The van der Waals surface area contributed by atoms with Crippen LogP contribution in [0, 0.1) is 0 Å². The molecule has 3 nitrogen and oxygen atoms in total. The minimum Gasteiger partial charge on any atom is -0.372 e. The van der Waals surface area contributed by atoms with E-state index in [-0.39, 0.29) is 0 Å². The SMILES string of the molecule is CCCCCCCCCCc1nc2ccc(N(CC)CC)cc2[nH]1. The van der Waals surface area contributed by atoms with Gasteiger partial charge in [-0.15, -0.1) is 0 Å². The van der Waals surface area contributed by atoms with Gasteiger partial charge in [-0.2, -0.15) is 0 Å². The van der Waals surface area contributed by atoms with Crippen molar-refractivity contribution >= 4 is 16.7 Å². The molecule has 0 aliphatic rings. The van der Waals surface area contributed by atoms with Crippen molar-refractivity contribution < 1.29 is 0 Å². The molecule has 1 N–H and O–H groups in total. The highest BCUT2D eigenvalue weighted by molar-refractivity contribution is 5.79. The number of hydrogen-bond donors (Lipinski definition) is 1. The van der Waals surface area contributed by atoms with E-state index >= 15 is 0 Å². The Labute approximate surface area is 147 Å². The van der Waals surface area contributed by atoms with Gasteiger partial charge in [0.25, 0.3) is 0 Å². The predicted molar refractivity (Wildman–Crippen MR) is 106 cm³/mol. The van der Waals surface area contributed by atoms with Crippen LogP contribution >= 0.6 is 0 Å². The number of fused-ring (bicyclic) bond motifs is 1. The number of nitrogens with zero attached hydrogens (tertiary/aromatic N) is 2. The normalized spacial score (nSPS) is 11.3. The van der Waals surface area contributed by atoms with Crippen molar-refractivity contribution in [2.75, 3.05) is 18.0 Å². The molecule has 0 bridgehead atoms. The van der Waals surface area contributed by atoms with E-state index in [0.29, 0.717) is 0 Å². The first-order chi connectivity index (χ1) is 11.8. The van der Waals surface area contributed by atoms with Gasteiger partial charge in [0.1, 0.15) is 5.82 Å². The molecule has 1 heterocycles. The number of unbranched alkanes of at least 4 members (excludes halogenated alkanes) is 7. The number of imidazole rings is 1. The molecule has 0 unspecified atom stereocenters. The molecule has 0 saturated heterocycles.